The number of ether oxygens (including phenoxy) is 1. The summed E-state index contributed by atoms with van der Waals surface area (Å²) in [6.45, 7) is 0.580. The number of aryl methyl sites for hydroxylation is 2. The molecule has 0 fully saturated rings. The summed E-state index contributed by atoms with van der Waals surface area (Å²) in [6, 6.07) is 15.3. The summed E-state index contributed by atoms with van der Waals surface area (Å²) in [5.41, 5.74) is 3.31. The fourth-order valence-corrected chi connectivity index (χ4v) is 3.77. The van der Waals surface area contributed by atoms with Crippen LogP contribution < -0.4 is 15.4 Å². The summed E-state index contributed by atoms with van der Waals surface area (Å²) in [6.07, 6.45) is 7.38. The molecule has 2 aromatic heterocycles. The van der Waals surface area contributed by atoms with Crippen molar-refractivity contribution in [3.8, 4) is 5.75 Å². The van der Waals surface area contributed by atoms with Crippen LogP contribution in [0.2, 0.25) is 0 Å². The van der Waals surface area contributed by atoms with Crippen LogP contribution in [-0.2, 0) is 13.5 Å². The maximum Gasteiger partial charge on any atom is 0.315 e. The molecule has 0 aliphatic heterocycles. The van der Waals surface area contributed by atoms with Gasteiger partial charge in [-0.15, -0.1) is 0 Å². The van der Waals surface area contributed by atoms with Gasteiger partial charge in [0.25, 0.3) is 0 Å². The highest BCUT2D eigenvalue weighted by Crippen LogP contribution is 2.24. The lowest BCUT2D eigenvalue weighted by atomic mass is 10.1. The molecule has 2 amide bonds. The second kappa shape index (κ2) is 9.38. The molecule has 0 bridgehead atoms. The Hall–Kier alpha value is -3.74. The minimum absolute atomic E-state index is 0.227. The molecular formula is C24H27N5O2. The summed E-state index contributed by atoms with van der Waals surface area (Å²) in [5, 5.41) is 7.27. The van der Waals surface area contributed by atoms with Gasteiger partial charge in [0.2, 0.25) is 0 Å². The van der Waals surface area contributed by atoms with Gasteiger partial charge in [-0.2, -0.15) is 0 Å². The van der Waals surface area contributed by atoms with E-state index in [1.807, 2.05) is 60.4 Å². The summed E-state index contributed by atoms with van der Waals surface area (Å²) >= 11 is 0. The van der Waals surface area contributed by atoms with Gasteiger partial charge in [0.1, 0.15) is 17.6 Å². The van der Waals surface area contributed by atoms with Crippen molar-refractivity contribution in [3.05, 3.63) is 84.1 Å². The normalized spacial score (nSPS) is 11.9. The fraction of sp³-hybridized carbons (Fsp3) is 0.250. The standard InChI is InChI=1S/C24H27N5O2/c1-29-14-13-25-23(29)22(17-7-5-9-19(15-17)31-2)28-24(30)26-12-6-8-18-16-27-21-11-4-3-10-20(18)21/h3-5,7,9-11,13-16,22,27H,6,8,12H2,1-2H3,(H2,26,28,30). The molecule has 7 nitrogen and oxygen atoms in total. The molecule has 0 saturated carbocycles. The first-order valence-corrected chi connectivity index (χ1v) is 10.4. The van der Waals surface area contributed by atoms with Gasteiger partial charge in [0.05, 0.1) is 7.11 Å². The van der Waals surface area contributed by atoms with E-state index in [9.17, 15) is 4.79 Å². The van der Waals surface area contributed by atoms with E-state index >= 15 is 0 Å². The Kier molecular flexibility index (Phi) is 6.21. The van der Waals surface area contributed by atoms with E-state index in [1.54, 1.807) is 13.3 Å². The minimum atomic E-state index is -0.385. The average Bonchev–Trinajstić information content (AvgIpc) is 3.41. The summed E-state index contributed by atoms with van der Waals surface area (Å²) < 4.78 is 7.25. The highest BCUT2D eigenvalue weighted by molar-refractivity contribution is 5.83. The van der Waals surface area contributed by atoms with Crippen LogP contribution in [0.5, 0.6) is 5.75 Å². The zero-order valence-electron chi connectivity index (χ0n) is 17.8. The Balaban J connectivity index is 1.38. The third-order valence-electron chi connectivity index (χ3n) is 5.40. The maximum absolute atomic E-state index is 12.7. The first-order valence-electron chi connectivity index (χ1n) is 10.4. The Morgan fingerprint density at radius 3 is 2.90 bits per heavy atom. The zero-order valence-corrected chi connectivity index (χ0v) is 17.8. The summed E-state index contributed by atoms with van der Waals surface area (Å²) in [7, 11) is 3.54. The van der Waals surface area contributed by atoms with Crippen molar-refractivity contribution in [2.45, 2.75) is 18.9 Å². The number of nitrogens with one attached hydrogen (secondary N) is 3. The van der Waals surface area contributed by atoms with E-state index < -0.39 is 0 Å². The lowest BCUT2D eigenvalue weighted by molar-refractivity contribution is 0.238. The number of urea groups is 1. The molecule has 160 valence electrons. The van der Waals surface area contributed by atoms with E-state index in [1.165, 1.54) is 10.9 Å². The van der Waals surface area contributed by atoms with Gasteiger partial charge in [-0.1, -0.05) is 30.3 Å². The number of amides is 2. The molecular weight excluding hydrogens is 390 g/mol. The molecule has 1 unspecified atom stereocenters. The molecule has 4 rings (SSSR count). The number of rotatable bonds is 8. The van der Waals surface area contributed by atoms with Crippen LogP contribution in [0.1, 0.15) is 29.4 Å². The number of H-pyrrole nitrogens is 1. The van der Waals surface area contributed by atoms with Gasteiger partial charge < -0.3 is 24.9 Å². The molecule has 7 heteroatoms. The van der Waals surface area contributed by atoms with Crippen molar-refractivity contribution in [2.75, 3.05) is 13.7 Å². The number of carbonyl (C=O) groups is 1. The van der Waals surface area contributed by atoms with Crippen molar-refractivity contribution in [2.24, 2.45) is 7.05 Å². The Bertz CT molecular complexity index is 1160. The average molecular weight is 418 g/mol. The van der Waals surface area contributed by atoms with Crippen molar-refractivity contribution < 1.29 is 9.53 Å². The molecule has 31 heavy (non-hydrogen) atoms. The highest BCUT2D eigenvalue weighted by Gasteiger charge is 2.21. The molecule has 0 radical (unpaired) electrons. The molecule has 0 aliphatic rings. The van der Waals surface area contributed by atoms with Crippen LogP contribution in [0.25, 0.3) is 10.9 Å². The van der Waals surface area contributed by atoms with Gasteiger partial charge in [-0.05, 0) is 42.2 Å². The van der Waals surface area contributed by atoms with Crippen molar-refractivity contribution in [1.82, 2.24) is 25.2 Å². The maximum atomic E-state index is 12.7. The van der Waals surface area contributed by atoms with Gasteiger partial charge in [-0.25, -0.2) is 9.78 Å². The SMILES string of the molecule is COc1cccc(C(NC(=O)NCCCc2c[nH]c3ccccc23)c2nccn2C)c1. The van der Waals surface area contributed by atoms with Crippen LogP contribution in [0.15, 0.2) is 67.1 Å². The lowest BCUT2D eigenvalue weighted by Crippen LogP contribution is -2.39. The van der Waals surface area contributed by atoms with E-state index in [0.29, 0.717) is 6.54 Å². The predicted octanol–water partition coefficient (Wildman–Crippen LogP) is 3.93. The Labute approximate surface area is 181 Å². The Morgan fingerprint density at radius 1 is 1.23 bits per heavy atom. The van der Waals surface area contributed by atoms with Crippen molar-refractivity contribution >= 4 is 16.9 Å². The highest BCUT2D eigenvalue weighted by atomic mass is 16.5. The summed E-state index contributed by atoms with van der Waals surface area (Å²) in [4.78, 5) is 20.4. The number of aromatic nitrogens is 3. The first-order chi connectivity index (χ1) is 15.2. The fourth-order valence-electron chi connectivity index (χ4n) is 3.77. The monoisotopic (exact) mass is 417 g/mol. The smallest absolute Gasteiger partial charge is 0.315 e. The number of carbonyl (C=O) groups excluding carboxylic acids is 1. The van der Waals surface area contributed by atoms with Gasteiger partial charge in [-0.3, -0.25) is 0 Å². The van der Waals surface area contributed by atoms with Crippen LogP contribution in [0, 0.1) is 0 Å². The number of imidazole rings is 1. The van der Waals surface area contributed by atoms with Crippen LogP contribution in [0.3, 0.4) is 0 Å². The number of aromatic amines is 1. The third kappa shape index (κ3) is 4.71. The minimum Gasteiger partial charge on any atom is -0.497 e. The quantitative estimate of drug-likeness (QED) is 0.380. The van der Waals surface area contributed by atoms with E-state index in [0.717, 1.165) is 35.5 Å². The number of methoxy groups -OCH3 is 1. The lowest BCUT2D eigenvalue weighted by Gasteiger charge is -2.20. The number of hydrogen-bond acceptors (Lipinski definition) is 3. The third-order valence-corrected chi connectivity index (χ3v) is 5.40. The molecule has 0 aliphatic carbocycles. The molecule has 0 saturated heterocycles. The van der Waals surface area contributed by atoms with Gasteiger partial charge >= 0.3 is 6.03 Å². The number of benzene rings is 2. The topological polar surface area (TPSA) is 84.0 Å². The second-order valence-corrected chi connectivity index (χ2v) is 7.47. The molecule has 2 aromatic carbocycles. The van der Waals surface area contributed by atoms with Crippen LogP contribution in [0.4, 0.5) is 4.79 Å². The summed E-state index contributed by atoms with van der Waals surface area (Å²) in [5.74, 6) is 1.49. The predicted molar refractivity (Wildman–Crippen MR) is 121 cm³/mol. The molecule has 1 atom stereocenters. The van der Waals surface area contributed by atoms with E-state index in [2.05, 4.69) is 32.7 Å². The van der Waals surface area contributed by atoms with E-state index in [-0.39, 0.29) is 12.1 Å². The molecule has 0 spiro atoms. The number of nitrogens with zero attached hydrogens (tertiary/aromatic N) is 2. The van der Waals surface area contributed by atoms with Gasteiger partial charge in [0, 0.05) is 43.1 Å². The second-order valence-electron chi connectivity index (χ2n) is 7.47. The Morgan fingerprint density at radius 2 is 2.10 bits per heavy atom. The van der Waals surface area contributed by atoms with Crippen LogP contribution >= 0.6 is 0 Å². The number of fused-ring (bicyclic) bond motifs is 1. The zero-order chi connectivity index (χ0) is 21.6. The largest absolute Gasteiger partial charge is 0.497 e. The first kappa shape index (κ1) is 20.5. The van der Waals surface area contributed by atoms with Crippen molar-refractivity contribution in [1.29, 1.82) is 0 Å². The molecule has 3 N–H and O–H groups in total. The van der Waals surface area contributed by atoms with Crippen LogP contribution in [-0.4, -0.2) is 34.2 Å². The number of hydrogen-bond donors (Lipinski definition) is 3. The van der Waals surface area contributed by atoms with Gasteiger partial charge in [0.15, 0.2) is 0 Å². The molecule has 4 aromatic rings. The number of para-hydroxylation sites is 1. The molecule has 2 heterocycles. The van der Waals surface area contributed by atoms with Crippen molar-refractivity contribution in [3.63, 3.8) is 0 Å². The van der Waals surface area contributed by atoms with E-state index in [4.69, 9.17) is 4.74 Å².